The minimum atomic E-state index is -3.47. The number of carbonyl (C=O) groups is 1. The lowest BCUT2D eigenvalue weighted by Gasteiger charge is -2.31. The zero-order chi connectivity index (χ0) is 20.4. The van der Waals surface area contributed by atoms with Gasteiger partial charge in [-0.1, -0.05) is 17.7 Å². The number of piperidine rings is 1. The molecule has 154 valence electrons. The Morgan fingerprint density at radius 2 is 1.76 bits per heavy atom. The molecule has 8 heteroatoms. The number of sulfonamides is 1. The molecule has 1 aliphatic heterocycles. The molecule has 1 aromatic heterocycles. The van der Waals surface area contributed by atoms with E-state index in [0.29, 0.717) is 42.4 Å². The van der Waals surface area contributed by atoms with Gasteiger partial charge in [-0.15, -0.1) is 0 Å². The van der Waals surface area contributed by atoms with Crippen molar-refractivity contribution in [3.8, 4) is 5.88 Å². The first-order chi connectivity index (χ1) is 13.9. The molecular weight excluding hydrogens is 390 g/mol. The Kier molecular flexibility index (Phi) is 5.56. The van der Waals surface area contributed by atoms with Crippen LogP contribution >= 0.6 is 0 Å². The predicted octanol–water partition coefficient (Wildman–Crippen LogP) is 2.97. The van der Waals surface area contributed by atoms with Crippen LogP contribution in [0.5, 0.6) is 5.88 Å². The number of pyridine rings is 1. The van der Waals surface area contributed by atoms with Crippen LogP contribution in [0.1, 0.15) is 31.2 Å². The Labute approximate surface area is 171 Å². The highest BCUT2D eigenvalue weighted by molar-refractivity contribution is 7.89. The normalized spacial score (nSPS) is 18.4. The minimum Gasteiger partial charge on any atom is -0.474 e. The fraction of sp³-hybridized carbons (Fsp3) is 0.429. The summed E-state index contributed by atoms with van der Waals surface area (Å²) < 4.78 is 33.0. The van der Waals surface area contributed by atoms with E-state index >= 15 is 0 Å². The predicted molar refractivity (Wildman–Crippen MR) is 109 cm³/mol. The molecule has 1 N–H and O–H groups in total. The van der Waals surface area contributed by atoms with E-state index in [0.717, 1.165) is 18.4 Å². The maximum Gasteiger partial charge on any atom is 0.243 e. The van der Waals surface area contributed by atoms with Gasteiger partial charge in [-0.05, 0) is 50.8 Å². The number of benzene rings is 1. The zero-order valence-corrected chi connectivity index (χ0v) is 17.2. The smallest absolute Gasteiger partial charge is 0.243 e. The zero-order valence-electron chi connectivity index (χ0n) is 16.4. The van der Waals surface area contributed by atoms with Crippen LogP contribution in [0.3, 0.4) is 0 Å². The fourth-order valence-electron chi connectivity index (χ4n) is 3.33. The van der Waals surface area contributed by atoms with Gasteiger partial charge in [-0.3, -0.25) is 4.79 Å². The van der Waals surface area contributed by atoms with E-state index in [1.54, 1.807) is 30.5 Å². The maximum atomic E-state index is 12.8. The maximum absolute atomic E-state index is 12.8. The number of amides is 1. The molecular formula is C21H25N3O4S. The third kappa shape index (κ3) is 4.76. The van der Waals surface area contributed by atoms with Gasteiger partial charge in [0.15, 0.2) is 0 Å². The van der Waals surface area contributed by atoms with Crippen LogP contribution in [-0.2, 0) is 14.8 Å². The number of aromatic nitrogens is 1. The van der Waals surface area contributed by atoms with Crippen LogP contribution in [0.25, 0.3) is 0 Å². The number of carbonyl (C=O) groups excluding carboxylic acids is 1. The SMILES string of the molecule is Cc1ccc(S(=O)(=O)N2CCC(Oc3ccc(NC(=O)C4CC4)cn3)CC2)cc1. The standard InChI is InChI=1S/C21H25N3O4S/c1-15-2-7-19(8-3-15)29(26,27)24-12-10-18(11-13-24)28-20-9-6-17(14-22-20)23-21(25)16-4-5-16/h2-3,6-9,14,16,18H,4-5,10-13H2,1H3,(H,23,25). The molecule has 1 amide bonds. The second-order valence-electron chi connectivity index (χ2n) is 7.68. The highest BCUT2D eigenvalue weighted by Crippen LogP contribution is 2.30. The summed E-state index contributed by atoms with van der Waals surface area (Å²) in [6, 6.07) is 10.4. The van der Waals surface area contributed by atoms with E-state index < -0.39 is 10.0 Å². The summed E-state index contributed by atoms with van der Waals surface area (Å²) in [4.78, 5) is 16.4. The lowest BCUT2D eigenvalue weighted by atomic mass is 10.1. The van der Waals surface area contributed by atoms with Gasteiger partial charge in [0.1, 0.15) is 6.10 Å². The molecule has 0 radical (unpaired) electrons. The summed E-state index contributed by atoms with van der Waals surface area (Å²) >= 11 is 0. The molecule has 2 fully saturated rings. The van der Waals surface area contributed by atoms with E-state index in [1.807, 2.05) is 19.1 Å². The van der Waals surface area contributed by atoms with Crippen molar-refractivity contribution in [1.29, 1.82) is 0 Å². The Hall–Kier alpha value is -2.45. The highest BCUT2D eigenvalue weighted by atomic mass is 32.2. The number of anilines is 1. The molecule has 4 rings (SSSR count). The van der Waals surface area contributed by atoms with Gasteiger partial charge < -0.3 is 10.1 Å². The van der Waals surface area contributed by atoms with Gasteiger partial charge in [0.25, 0.3) is 0 Å². The van der Waals surface area contributed by atoms with Crippen LogP contribution in [0.15, 0.2) is 47.5 Å². The van der Waals surface area contributed by atoms with Crippen molar-refractivity contribution in [3.63, 3.8) is 0 Å². The summed E-state index contributed by atoms with van der Waals surface area (Å²) in [6.07, 6.45) is 4.63. The molecule has 1 saturated heterocycles. The second-order valence-corrected chi connectivity index (χ2v) is 9.62. The number of nitrogens with one attached hydrogen (secondary N) is 1. The molecule has 2 heterocycles. The highest BCUT2D eigenvalue weighted by Gasteiger charge is 2.31. The molecule has 29 heavy (non-hydrogen) atoms. The molecule has 2 aromatic rings. The molecule has 0 bridgehead atoms. The third-order valence-electron chi connectivity index (χ3n) is 5.30. The number of rotatable bonds is 6. The fourth-order valence-corrected chi connectivity index (χ4v) is 4.80. The van der Waals surface area contributed by atoms with Gasteiger partial charge in [0, 0.05) is 25.1 Å². The number of ether oxygens (including phenoxy) is 1. The Balaban J connectivity index is 1.30. The largest absolute Gasteiger partial charge is 0.474 e. The summed E-state index contributed by atoms with van der Waals surface area (Å²) in [5.41, 5.74) is 1.69. The van der Waals surface area contributed by atoms with Gasteiger partial charge in [0.2, 0.25) is 21.8 Å². The van der Waals surface area contributed by atoms with Crippen LogP contribution in [0.4, 0.5) is 5.69 Å². The monoisotopic (exact) mass is 415 g/mol. The Morgan fingerprint density at radius 1 is 1.07 bits per heavy atom. The average Bonchev–Trinajstić information content (AvgIpc) is 3.56. The molecule has 1 aliphatic carbocycles. The Morgan fingerprint density at radius 3 is 2.34 bits per heavy atom. The molecule has 7 nitrogen and oxygen atoms in total. The van der Waals surface area contributed by atoms with Crippen LogP contribution in [-0.4, -0.2) is 42.8 Å². The van der Waals surface area contributed by atoms with Gasteiger partial charge in [-0.2, -0.15) is 4.31 Å². The number of nitrogens with zero attached hydrogens (tertiary/aromatic N) is 2. The summed E-state index contributed by atoms with van der Waals surface area (Å²) in [5.74, 6) is 0.671. The van der Waals surface area contributed by atoms with Crippen molar-refractivity contribution >= 4 is 21.6 Å². The molecule has 0 unspecified atom stereocenters. The lowest BCUT2D eigenvalue weighted by molar-refractivity contribution is -0.117. The third-order valence-corrected chi connectivity index (χ3v) is 7.21. The molecule has 1 saturated carbocycles. The number of aryl methyl sites for hydroxylation is 1. The average molecular weight is 416 g/mol. The van der Waals surface area contributed by atoms with Crippen molar-refractivity contribution in [3.05, 3.63) is 48.2 Å². The van der Waals surface area contributed by atoms with Crippen LogP contribution in [0, 0.1) is 12.8 Å². The molecule has 0 atom stereocenters. The van der Waals surface area contributed by atoms with Crippen molar-refractivity contribution in [2.24, 2.45) is 5.92 Å². The molecule has 2 aliphatic rings. The summed E-state index contributed by atoms with van der Waals surface area (Å²) in [7, 11) is -3.47. The number of hydrogen-bond donors (Lipinski definition) is 1. The van der Waals surface area contributed by atoms with Crippen LogP contribution in [0.2, 0.25) is 0 Å². The number of hydrogen-bond acceptors (Lipinski definition) is 5. The lowest BCUT2D eigenvalue weighted by Crippen LogP contribution is -2.41. The van der Waals surface area contributed by atoms with E-state index in [2.05, 4.69) is 10.3 Å². The van der Waals surface area contributed by atoms with Crippen molar-refractivity contribution in [2.75, 3.05) is 18.4 Å². The van der Waals surface area contributed by atoms with E-state index in [4.69, 9.17) is 4.74 Å². The first kappa shape index (κ1) is 19.8. The summed E-state index contributed by atoms with van der Waals surface area (Å²) in [5, 5.41) is 2.85. The Bertz CT molecular complexity index is 962. The minimum absolute atomic E-state index is 0.0441. The topological polar surface area (TPSA) is 88.6 Å². The van der Waals surface area contributed by atoms with Crippen molar-refractivity contribution < 1.29 is 17.9 Å². The van der Waals surface area contributed by atoms with Gasteiger partial charge >= 0.3 is 0 Å². The van der Waals surface area contributed by atoms with E-state index in [1.165, 1.54) is 4.31 Å². The van der Waals surface area contributed by atoms with E-state index in [9.17, 15) is 13.2 Å². The first-order valence-electron chi connectivity index (χ1n) is 9.92. The van der Waals surface area contributed by atoms with Gasteiger partial charge in [0.05, 0.1) is 16.8 Å². The second kappa shape index (κ2) is 8.12. The van der Waals surface area contributed by atoms with Crippen LogP contribution < -0.4 is 10.1 Å². The summed E-state index contributed by atoms with van der Waals surface area (Å²) in [6.45, 7) is 2.76. The van der Waals surface area contributed by atoms with E-state index in [-0.39, 0.29) is 17.9 Å². The molecule has 1 aromatic carbocycles. The van der Waals surface area contributed by atoms with Crippen molar-refractivity contribution in [2.45, 2.75) is 43.6 Å². The quantitative estimate of drug-likeness (QED) is 0.784. The first-order valence-corrected chi connectivity index (χ1v) is 11.4. The molecule has 0 spiro atoms. The van der Waals surface area contributed by atoms with Gasteiger partial charge in [-0.25, -0.2) is 13.4 Å². The van der Waals surface area contributed by atoms with Crippen molar-refractivity contribution in [1.82, 2.24) is 9.29 Å².